The molecule has 0 aliphatic heterocycles. The molecule has 88 valence electrons. The van der Waals surface area contributed by atoms with Crippen molar-refractivity contribution >= 4 is 0 Å². The van der Waals surface area contributed by atoms with E-state index in [1.54, 1.807) is 0 Å². The first-order valence-electron chi connectivity index (χ1n) is 6.99. The first-order valence-corrected chi connectivity index (χ1v) is 6.99. The largest absolute Gasteiger partial charge is 0.313 e. The van der Waals surface area contributed by atoms with Crippen LogP contribution in [0.4, 0.5) is 0 Å². The highest BCUT2D eigenvalue weighted by Gasteiger charge is 2.41. The van der Waals surface area contributed by atoms with Gasteiger partial charge in [-0.15, -0.1) is 0 Å². The molecular weight excluding hydrogens is 182 g/mol. The van der Waals surface area contributed by atoms with Crippen molar-refractivity contribution in [2.45, 2.75) is 71.3 Å². The first kappa shape index (κ1) is 11.4. The third-order valence-electron chi connectivity index (χ3n) is 4.79. The summed E-state index contributed by atoms with van der Waals surface area (Å²) in [6.45, 7) is 5.95. The minimum atomic E-state index is 0.610. The van der Waals surface area contributed by atoms with Gasteiger partial charge in [-0.25, -0.2) is 0 Å². The van der Waals surface area contributed by atoms with Gasteiger partial charge in [0, 0.05) is 6.04 Å². The SMILES string of the molecule is CCNC(C1CCC1)C1(C)CCCCC1. The van der Waals surface area contributed by atoms with E-state index in [1.165, 1.54) is 51.4 Å². The summed E-state index contributed by atoms with van der Waals surface area (Å²) in [4.78, 5) is 0. The molecule has 1 atom stereocenters. The third kappa shape index (κ3) is 2.38. The molecular formula is C14H27N. The summed E-state index contributed by atoms with van der Waals surface area (Å²) in [5.74, 6) is 0.994. The van der Waals surface area contributed by atoms with Crippen molar-refractivity contribution in [1.82, 2.24) is 5.32 Å². The van der Waals surface area contributed by atoms with Crippen LogP contribution < -0.4 is 5.32 Å². The lowest BCUT2D eigenvalue weighted by Crippen LogP contribution is -2.51. The highest BCUT2D eigenvalue weighted by molar-refractivity contribution is 4.96. The van der Waals surface area contributed by atoms with Gasteiger partial charge in [-0.05, 0) is 43.6 Å². The summed E-state index contributed by atoms with van der Waals surface area (Å²) < 4.78 is 0. The van der Waals surface area contributed by atoms with Crippen LogP contribution >= 0.6 is 0 Å². The van der Waals surface area contributed by atoms with E-state index >= 15 is 0 Å². The summed E-state index contributed by atoms with van der Waals surface area (Å²) in [5.41, 5.74) is 0.610. The van der Waals surface area contributed by atoms with Gasteiger partial charge in [0.15, 0.2) is 0 Å². The molecule has 1 N–H and O–H groups in total. The van der Waals surface area contributed by atoms with Gasteiger partial charge in [-0.1, -0.05) is 39.5 Å². The smallest absolute Gasteiger partial charge is 0.0149 e. The minimum absolute atomic E-state index is 0.610. The first-order chi connectivity index (χ1) is 7.26. The predicted molar refractivity (Wildman–Crippen MR) is 66.0 cm³/mol. The highest BCUT2D eigenvalue weighted by Crippen LogP contribution is 2.45. The topological polar surface area (TPSA) is 12.0 Å². The predicted octanol–water partition coefficient (Wildman–Crippen LogP) is 3.74. The average Bonchev–Trinajstić information content (AvgIpc) is 2.16. The Morgan fingerprint density at radius 3 is 2.27 bits per heavy atom. The second kappa shape index (κ2) is 4.86. The van der Waals surface area contributed by atoms with Crippen molar-refractivity contribution < 1.29 is 0 Å². The molecule has 0 bridgehead atoms. The fourth-order valence-electron chi connectivity index (χ4n) is 3.65. The summed E-state index contributed by atoms with van der Waals surface area (Å²) in [6, 6.07) is 0.816. The summed E-state index contributed by atoms with van der Waals surface area (Å²) >= 11 is 0. The minimum Gasteiger partial charge on any atom is -0.313 e. The lowest BCUT2D eigenvalue weighted by atomic mass is 9.62. The van der Waals surface area contributed by atoms with Gasteiger partial charge in [-0.3, -0.25) is 0 Å². The molecule has 0 spiro atoms. The zero-order chi connectivity index (χ0) is 10.7. The molecule has 1 heteroatoms. The van der Waals surface area contributed by atoms with Gasteiger partial charge in [0.1, 0.15) is 0 Å². The van der Waals surface area contributed by atoms with Gasteiger partial charge in [0.2, 0.25) is 0 Å². The molecule has 0 aromatic carbocycles. The lowest BCUT2D eigenvalue weighted by Gasteiger charge is -2.48. The van der Waals surface area contributed by atoms with Gasteiger partial charge < -0.3 is 5.32 Å². The van der Waals surface area contributed by atoms with Crippen molar-refractivity contribution in [1.29, 1.82) is 0 Å². The number of nitrogens with one attached hydrogen (secondary N) is 1. The molecule has 1 nitrogen and oxygen atoms in total. The van der Waals surface area contributed by atoms with Crippen LogP contribution in [0, 0.1) is 11.3 Å². The zero-order valence-electron chi connectivity index (χ0n) is 10.5. The maximum Gasteiger partial charge on any atom is 0.0149 e. The molecule has 2 saturated carbocycles. The Hall–Kier alpha value is -0.0400. The number of hydrogen-bond donors (Lipinski definition) is 1. The van der Waals surface area contributed by atoms with Crippen LogP contribution in [0.3, 0.4) is 0 Å². The molecule has 0 amide bonds. The van der Waals surface area contributed by atoms with Gasteiger partial charge in [-0.2, -0.15) is 0 Å². The molecule has 0 aromatic rings. The third-order valence-corrected chi connectivity index (χ3v) is 4.79. The zero-order valence-corrected chi connectivity index (χ0v) is 10.5. The molecule has 2 fully saturated rings. The Bertz CT molecular complexity index is 190. The van der Waals surface area contributed by atoms with Gasteiger partial charge in [0.25, 0.3) is 0 Å². The summed E-state index contributed by atoms with van der Waals surface area (Å²) in [5, 5.41) is 3.79. The molecule has 2 aliphatic rings. The monoisotopic (exact) mass is 209 g/mol. The van der Waals surface area contributed by atoms with E-state index < -0.39 is 0 Å². The molecule has 2 aliphatic carbocycles. The normalized spacial score (nSPS) is 28.4. The van der Waals surface area contributed by atoms with Crippen LogP contribution in [-0.2, 0) is 0 Å². The maximum atomic E-state index is 3.79. The fraction of sp³-hybridized carbons (Fsp3) is 1.00. The Morgan fingerprint density at radius 1 is 1.13 bits per heavy atom. The van der Waals surface area contributed by atoms with Crippen LogP contribution in [0.5, 0.6) is 0 Å². The second-order valence-electron chi connectivity index (χ2n) is 5.94. The van der Waals surface area contributed by atoms with Crippen molar-refractivity contribution in [2.75, 3.05) is 6.54 Å². The average molecular weight is 209 g/mol. The fourth-order valence-corrected chi connectivity index (χ4v) is 3.65. The maximum absolute atomic E-state index is 3.79. The molecule has 0 heterocycles. The van der Waals surface area contributed by atoms with Crippen LogP contribution in [0.15, 0.2) is 0 Å². The quantitative estimate of drug-likeness (QED) is 0.744. The van der Waals surface area contributed by atoms with E-state index in [9.17, 15) is 0 Å². The molecule has 0 saturated heterocycles. The van der Waals surface area contributed by atoms with E-state index in [4.69, 9.17) is 0 Å². The molecule has 0 aromatic heterocycles. The standard InChI is InChI=1S/C14H27N/c1-3-15-13(12-8-7-9-12)14(2)10-5-4-6-11-14/h12-13,15H,3-11H2,1-2H3. The van der Waals surface area contributed by atoms with Crippen molar-refractivity contribution in [3.05, 3.63) is 0 Å². The van der Waals surface area contributed by atoms with Crippen LogP contribution in [0.2, 0.25) is 0 Å². The Labute approximate surface area is 95.0 Å². The van der Waals surface area contributed by atoms with E-state index in [0.717, 1.165) is 18.5 Å². The van der Waals surface area contributed by atoms with Crippen molar-refractivity contribution in [3.63, 3.8) is 0 Å². The van der Waals surface area contributed by atoms with Crippen LogP contribution in [-0.4, -0.2) is 12.6 Å². The summed E-state index contributed by atoms with van der Waals surface area (Å²) in [6.07, 6.45) is 11.8. The lowest BCUT2D eigenvalue weighted by molar-refractivity contribution is 0.0697. The number of hydrogen-bond acceptors (Lipinski definition) is 1. The second-order valence-corrected chi connectivity index (χ2v) is 5.94. The van der Waals surface area contributed by atoms with Gasteiger partial charge >= 0.3 is 0 Å². The Kier molecular flexibility index (Phi) is 3.71. The molecule has 1 unspecified atom stereocenters. The van der Waals surface area contributed by atoms with Gasteiger partial charge in [0.05, 0.1) is 0 Å². The van der Waals surface area contributed by atoms with Crippen LogP contribution in [0.1, 0.15) is 65.2 Å². The van der Waals surface area contributed by atoms with E-state index in [2.05, 4.69) is 19.2 Å². The number of rotatable bonds is 4. The van der Waals surface area contributed by atoms with E-state index in [0.29, 0.717) is 5.41 Å². The van der Waals surface area contributed by atoms with E-state index in [1.807, 2.05) is 0 Å². The summed E-state index contributed by atoms with van der Waals surface area (Å²) in [7, 11) is 0. The van der Waals surface area contributed by atoms with Crippen LogP contribution in [0.25, 0.3) is 0 Å². The van der Waals surface area contributed by atoms with E-state index in [-0.39, 0.29) is 0 Å². The molecule has 2 rings (SSSR count). The Morgan fingerprint density at radius 2 is 1.80 bits per heavy atom. The molecule has 0 radical (unpaired) electrons. The highest BCUT2D eigenvalue weighted by atomic mass is 14.9. The van der Waals surface area contributed by atoms with Crippen molar-refractivity contribution in [2.24, 2.45) is 11.3 Å². The van der Waals surface area contributed by atoms with Crippen molar-refractivity contribution in [3.8, 4) is 0 Å². The Balaban J connectivity index is 2.00. The molecule has 15 heavy (non-hydrogen) atoms.